The number of fused-ring (bicyclic) bond motifs is 2. The average Bonchev–Trinajstić information content (AvgIpc) is 2.69. The molecule has 0 amide bonds. The molecule has 5 heteroatoms. The van der Waals surface area contributed by atoms with E-state index in [0.29, 0.717) is 5.92 Å². The van der Waals surface area contributed by atoms with E-state index in [2.05, 4.69) is 75.1 Å². The lowest BCUT2D eigenvalue weighted by Gasteiger charge is -2.21. The fourth-order valence-electron chi connectivity index (χ4n) is 3.12. The van der Waals surface area contributed by atoms with Gasteiger partial charge in [0.1, 0.15) is 0 Å². The molecule has 0 aliphatic carbocycles. The molecule has 1 atom stereocenters. The van der Waals surface area contributed by atoms with Gasteiger partial charge in [0, 0.05) is 42.6 Å². The van der Waals surface area contributed by atoms with Crippen LogP contribution in [0, 0.1) is 0 Å². The number of methoxy groups -OCH3 is 1. The van der Waals surface area contributed by atoms with Crippen molar-refractivity contribution in [3.8, 4) is 0 Å². The van der Waals surface area contributed by atoms with E-state index in [0.717, 1.165) is 30.6 Å². The van der Waals surface area contributed by atoms with Gasteiger partial charge in [-0.15, -0.1) is 0 Å². The SMILES string of the molecule is COCCCNCC1c2ccc(Br)cc2SN(C)c2ccccc21. The maximum atomic E-state index is 5.14. The lowest BCUT2D eigenvalue weighted by Crippen LogP contribution is -2.24. The number of nitrogens with zero attached hydrogens (tertiary/aromatic N) is 1. The zero-order valence-electron chi connectivity index (χ0n) is 14.1. The van der Waals surface area contributed by atoms with Crippen LogP contribution in [0.3, 0.4) is 0 Å². The second-order valence-electron chi connectivity index (χ2n) is 5.93. The molecule has 3 rings (SSSR count). The van der Waals surface area contributed by atoms with Gasteiger partial charge < -0.3 is 14.4 Å². The molecule has 0 fully saturated rings. The van der Waals surface area contributed by atoms with Crippen molar-refractivity contribution in [3.63, 3.8) is 0 Å². The number of nitrogens with one attached hydrogen (secondary N) is 1. The number of para-hydroxylation sites is 1. The maximum Gasteiger partial charge on any atom is 0.0508 e. The molecule has 24 heavy (non-hydrogen) atoms. The summed E-state index contributed by atoms with van der Waals surface area (Å²) in [5.74, 6) is 0.351. The van der Waals surface area contributed by atoms with Gasteiger partial charge in [0.15, 0.2) is 0 Å². The van der Waals surface area contributed by atoms with E-state index in [-0.39, 0.29) is 0 Å². The first-order valence-corrected chi connectivity index (χ1v) is 9.77. The Kier molecular flexibility index (Phi) is 6.22. The first kappa shape index (κ1) is 17.8. The van der Waals surface area contributed by atoms with Crippen molar-refractivity contribution < 1.29 is 4.74 Å². The minimum Gasteiger partial charge on any atom is -0.385 e. The molecule has 2 aromatic rings. The fourth-order valence-corrected chi connectivity index (χ4v) is 4.68. The summed E-state index contributed by atoms with van der Waals surface area (Å²) in [4.78, 5) is 1.31. The number of anilines is 1. The highest BCUT2D eigenvalue weighted by Crippen LogP contribution is 2.44. The molecule has 1 heterocycles. The highest BCUT2D eigenvalue weighted by Gasteiger charge is 2.26. The maximum absolute atomic E-state index is 5.14. The molecule has 0 radical (unpaired) electrons. The predicted molar refractivity (Wildman–Crippen MR) is 106 cm³/mol. The van der Waals surface area contributed by atoms with Gasteiger partial charge in [-0.3, -0.25) is 0 Å². The van der Waals surface area contributed by atoms with E-state index in [1.807, 2.05) is 0 Å². The molecule has 2 aromatic carbocycles. The average molecular weight is 407 g/mol. The van der Waals surface area contributed by atoms with Gasteiger partial charge in [-0.05, 0) is 54.2 Å². The molecule has 1 unspecified atom stereocenters. The first-order valence-electron chi connectivity index (χ1n) is 8.20. The fraction of sp³-hybridized carbons (Fsp3) is 0.368. The molecule has 1 aliphatic heterocycles. The smallest absolute Gasteiger partial charge is 0.0508 e. The number of hydrogen-bond acceptors (Lipinski definition) is 4. The van der Waals surface area contributed by atoms with Crippen LogP contribution in [0.4, 0.5) is 5.69 Å². The number of hydrogen-bond donors (Lipinski definition) is 1. The number of ether oxygens (including phenoxy) is 1. The van der Waals surface area contributed by atoms with Crippen molar-refractivity contribution >= 4 is 33.6 Å². The number of benzene rings is 2. The second-order valence-corrected chi connectivity index (χ2v) is 8.02. The Bertz CT molecular complexity index is 695. The Labute approximate surface area is 157 Å². The monoisotopic (exact) mass is 406 g/mol. The molecule has 0 saturated carbocycles. The van der Waals surface area contributed by atoms with E-state index in [1.54, 1.807) is 19.1 Å². The van der Waals surface area contributed by atoms with Crippen LogP contribution >= 0.6 is 27.9 Å². The van der Waals surface area contributed by atoms with Gasteiger partial charge in [-0.25, -0.2) is 0 Å². The highest BCUT2D eigenvalue weighted by atomic mass is 79.9. The van der Waals surface area contributed by atoms with Crippen LogP contribution in [-0.4, -0.2) is 33.9 Å². The van der Waals surface area contributed by atoms with Crippen molar-refractivity contribution in [3.05, 3.63) is 58.1 Å². The lowest BCUT2D eigenvalue weighted by molar-refractivity contribution is 0.194. The van der Waals surface area contributed by atoms with Crippen molar-refractivity contribution in [1.29, 1.82) is 0 Å². The van der Waals surface area contributed by atoms with Crippen LogP contribution in [-0.2, 0) is 4.74 Å². The molecule has 128 valence electrons. The third-order valence-electron chi connectivity index (χ3n) is 4.29. The Morgan fingerprint density at radius 3 is 2.88 bits per heavy atom. The van der Waals surface area contributed by atoms with Gasteiger partial charge in [0.25, 0.3) is 0 Å². The Morgan fingerprint density at radius 1 is 1.21 bits per heavy atom. The molecule has 0 bridgehead atoms. The Balaban J connectivity index is 1.91. The standard InChI is InChI=1S/C19H23BrN2OS/c1-22-18-7-4-3-6-15(18)17(13-21-10-5-11-23-2)16-9-8-14(20)12-19(16)24-22/h3-4,6-9,12,17,21H,5,10-11,13H2,1-2H3. The third kappa shape index (κ3) is 3.97. The highest BCUT2D eigenvalue weighted by molar-refractivity contribution is 9.10. The van der Waals surface area contributed by atoms with Crippen LogP contribution in [0.25, 0.3) is 0 Å². The predicted octanol–water partition coefficient (Wildman–Crippen LogP) is 4.66. The van der Waals surface area contributed by atoms with Crippen LogP contribution < -0.4 is 9.62 Å². The zero-order valence-corrected chi connectivity index (χ0v) is 16.5. The molecule has 0 saturated heterocycles. The molecular formula is C19H23BrN2OS. The number of halogens is 1. The van der Waals surface area contributed by atoms with Gasteiger partial charge >= 0.3 is 0 Å². The zero-order chi connectivity index (χ0) is 16.9. The van der Waals surface area contributed by atoms with Crippen molar-refractivity contribution in [2.45, 2.75) is 17.2 Å². The van der Waals surface area contributed by atoms with Crippen molar-refractivity contribution in [2.24, 2.45) is 0 Å². The molecule has 1 aliphatic rings. The van der Waals surface area contributed by atoms with Gasteiger partial charge in [-0.2, -0.15) is 0 Å². The third-order valence-corrected chi connectivity index (χ3v) is 5.80. The summed E-state index contributed by atoms with van der Waals surface area (Å²) < 4.78 is 8.53. The molecular weight excluding hydrogens is 384 g/mol. The topological polar surface area (TPSA) is 24.5 Å². The van der Waals surface area contributed by atoms with Crippen molar-refractivity contribution in [1.82, 2.24) is 5.32 Å². The molecule has 0 aromatic heterocycles. The second kappa shape index (κ2) is 8.39. The quantitative estimate of drug-likeness (QED) is 0.556. The van der Waals surface area contributed by atoms with Crippen LogP contribution in [0.5, 0.6) is 0 Å². The van der Waals surface area contributed by atoms with Crippen LogP contribution in [0.15, 0.2) is 51.8 Å². The molecule has 0 spiro atoms. The van der Waals surface area contributed by atoms with Gasteiger partial charge in [0.05, 0.1) is 5.69 Å². The summed E-state index contributed by atoms with van der Waals surface area (Å²) in [6, 6.07) is 15.3. The van der Waals surface area contributed by atoms with E-state index in [4.69, 9.17) is 4.74 Å². The minimum atomic E-state index is 0.351. The lowest BCUT2D eigenvalue weighted by atomic mass is 9.90. The summed E-state index contributed by atoms with van der Waals surface area (Å²) in [5, 5.41) is 3.61. The normalized spacial score (nSPS) is 16.5. The van der Waals surface area contributed by atoms with Crippen LogP contribution in [0.2, 0.25) is 0 Å². The molecule has 1 N–H and O–H groups in total. The number of rotatable bonds is 6. The van der Waals surface area contributed by atoms with E-state index in [9.17, 15) is 0 Å². The summed E-state index contributed by atoms with van der Waals surface area (Å²) in [6.07, 6.45) is 1.03. The van der Waals surface area contributed by atoms with Gasteiger partial charge in [0.2, 0.25) is 0 Å². The van der Waals surface area contributed by atoms with E-state index >= 15 is 0 Å². The first-order chi connectivity index (χ1) is 11.7. The molecule has 3 nitrogen and oxygen atoms in total. The van der Waals surface area contributed by atoms with E-state index in [1.165, 1.54) is 21.7 Å². The largest absolute Gasteiger partial charge is 0.385 e. The minimum absolute atomic E-state index is 0.351. The Morgan fingerprint density at radius 2 is 2.04 bits per heavy atom. The van der Waals surface area contributed by atoms with Crippen molar-refractivity contribution in [2.75, 3.05) is 38.2 Å². The van der Waals surface area contributed by atoms with E-state index < -0.39 is 0 Å². The van der Waals surface area contributed by atoms with Crippen LogP contribution in [0.1, 0.15) is 23.5 Å². The summed E-state index contributed by atoms with van der Waals surface area (Å²) in [6.45, 7) is 2.71. The summed E-state index contributed by atoms with van der Waals surface area (Å²) in [5.41, 5.74) is 4.06. The summed E-state index contributed by atoms with van der Waals surface area (Å²) >= 11 is 5.41. The Hall–Kier alpha value is -1.01. The summed E-state index contributed by atoms with van der Waals surface area (Å²) in [7, 11) is 3.89. The van der Waals surface area contributed by atoms with Gasteiger partial charge in [-0.1, -0.05) is 40.2 Å².